The van der Waals surface area contributed by atoms with Crippen molar-refractivity contribution >= 4 is 23.4 Å². The van der Waals surface area contributed by atoms with Gasteiger partial charge in [-0.25, -0.2) is 4.39 Å². The first-order valence-electron chi connectivity index (χ1n) is 6.54. The Balaban J connectivity index is 1.92. The van der Waals surface area contributed by atoms with Crippen molar-refractivity contribution in [3.8, 4) is 0 Å². The monoisotopic (exact) mass is 282 g/mol. The standard InChI is InChI=1S/C14H19FN2OS/c1-10-4-2-3-5-17(10)14(18)9-19-13-7-11(15)6-12(16)8-13/h6-8,10H,2-5,9,16H2,1H3. The molecule has 1 atom stereocenters. The summed E-state index contributed by atoms with van der Waals surface area (Å²) < 4.78 is 13.2. The van der Waals surface area contributed by atoms with Crippen molar-refractivity contribution < 1.29 is 9.18 Å². The molecule has 1 aromatic rings. The van der Waals surface area contributed by atoms with E-state index in [4.69, 9.17) is 5.73 Å². The Hall–Kier alpha value is -1.23. The molecule has 5 heteroatoms. The number of benzene rings is 1. The molecular weight excluding hydrogens is 263 g/mol. The highest BCUT2D eigenvalue weighted by Crippen LogP contribution is 2.24. The zero-order chi connectivity index (χ0) is 13.8. The highest BCUT2D eigenvalue weighted by Gasteiger charge is 2.22. The molecule has 2 N–H and O–H groups in total. The third-order valence-corrected chi connectivity index (χ3v) is 4.34. The molecule has 0 spiro atoms. The van der Waals surface area contributed by atoms with E-state index in [-0.39, 0.29) is 11.7 Å². The summed E-state index contributed by atoms with van der Waals surface area (Å²) in [4.78, 5) is 14.8. The van der Waals surface area contributed by atoms with E-state index in [1.165, 1.54) is 30.3 Å². The number of anilines is 1. The lowest BCUT2D eigenvalue weighted by atomic mass is 10.0. The molecule has 2 rings (SSSR count). The minimum absolute atomic E-state index is 0.125. The van der Waals surface area contributed by atoms with Crippen LogP contribution in [0.15, 0.2) is 23.1 Å². The van der Waals surface area contributed by atoms with Crippen LogP contribution in [0, 0.1) is 5.82 Å². The van der Waals surface area contributed by atoms with E-state index in [2.05, 4.69) is 6.92 Å². The molecule has 1 fully saturated rings. The molecule has 0 bridgehead atoms. The first kappa shape index (κ1) is 14.2. The number of amides is 1. The third-order valence-electron chi connectivity index (χ3n) is 3.38. The lowest BCUT2D eigenvalue weighted by Crippen LogP contribution is -2.42. The maximum absolute atomic E-state index is 13.2. The van der Waals surface area contributed by atoms with Crippen LogP contribution >= 0.6 is 11.8 Å². The summed E-state index contributed by atoms with van der Waals surface area (Å²) in [6, 6.07) is 4.70. The van der Waals surface area contributed by atoms with Crippen LogP contribution in [-0.4, -0.2) is 29.1 Å². The Kier molecular flexibility index (Phi) is 4.69. The molecule has 0 aliphatic carbocycles. The van der Waals surface area contributed by atoms with Gasteiger partial charge in [-0.1, -0.05) is 0 Å². The van der Waals surface area contributed by atoms with Gasteiger partial charge in [-0.2, -0.15) is 0 Å². The molecule has 1 unspecified atom stereocenters. The summed E-state index contributed by atoms with van der Waals surface area (Å²) in [7, 11) is 0. The summed E-state index contributed by atoms with van der Waals surface area (Å²) in [6.07, 6.45) is 3.34. The fraction of sp³-hybridized carbons (Fsp3) is 0.500. The molecule has 104 valence electrons. The van der Waals surface area contributed by atoms with Gasteiger partial charge in [0.25, 0.3) is 0 Å². The highest BCUT2D eigenvalue weighted by atomic mass is 32.2. The average Bonchev–Trinajstić information content (AvgIpc) is 2.35. The van der Waals surface area contributed by atoms with Crippen molar-refractivity contribution in [1.29, 1.82) is 0 Å². The Labute approximate surface area is 117 Å². The second-order valence-electron chi connectivity index (χ2n) is 4.94. The number of thioether (sulfide) groups is 1. The average molecular weight is 282 g/mol. The van der Waals surface area contributed by atoms with Crippen LogP contribution in [0.1, 0.15) is 26.2 Å². The van der Waals surface area contributed by atoms with Gasteiger partial charge in [0.1, 0.15) is 5.82 Å². The van der Waals surface area contributed by atoms with Gasteiger partial charge in [0.2, 0.25) is 5.91 Å². The molecular formula is C14H19FN2OS. The number of nitrogen functional groups attached to an aromatic ring is 1. The number of nitrogens with zero attached hydrogens (tertiary/aromatic N) is 1. The largest absolute Gasteiger partial charge is 0.399 e. The van der Waals surface area contributed by atoms with Crippen LogP contribution in [0.5, 0.6) is 0 Å². The Morgan fingerprint density at radius 2 is 2.26 bits per heavy atom. The van der Waals surface area contributed by atoms with Crippen molar-refractivity contribution in [2.45, 2.75) is 37.1 Å². The van der Waals surface area contributed by atoms with E-state index in [9.17, 15) is 9.18 Å². The van der Waals surface area contributed by atoms with Gasteiger partial charge in [-0.3, -0.25) is 4.79 Å². The smallest absolute Gasteiger partial charge is 0.233 e. The number of rotatable bonds is 3. The quantitative estimate of drug-likeness (QED) is 0.685. The van der Waals surface area contributed by atoms with Gasteiger partial charge in [-0.05, 0) is 44.4 Å². The number of halogens is 1. The van der Waals surface area contributed by atoms with Gasteiger partial charge < -0.3 is 10.6 Å². The number of carbonyl (C=O) groups is 1. The van der Waals surface area contributed by atoms with E-state index in [1.54, 1.807) is 6.07 Å². The van der Waals surface area contributed by atoms with Gasteiger partial charge in [0.05, 0.1) is 5.75 Å². The van der Waals surface area contributed by atoms with Crippen molar-refractivity contribution in [3.63, 3.8) is 0 Å². The SMILES string of the molecule is CC1CCCCN1C(=O)CSc1cc(N)cc(F)c1. The van der Waals surface area contributed by atoms with Gasteiger partial charge >= 0.3 is 0 Å². The molecule has 0 aromatic heterocycles. The number of hydrogen-bond acceptors (Lipinski definition) is 3. The van der Waals surface area contributed by atoms with Crippen molar-refractivity contribution in [2.75, 3.05) is 18.0 Å². The first-order valence-corrected chi connectivity index (χ1v) is 7.53. The molecule has 1 saturated heterocycles. The van der Waals surface area contributed by atoms with E-state index >= 15 is 0 Å². The Morgan fingerprint density at radius 3 is 2.95 bits per heavy atom. The molecule has 1 aromatic carbocycles. The number of nitrogens with two attached hydrogens (primary N) is 1. The van der Waals surface area contributed by atoms with E-state index in [0.29, 0.717) is 22.4 Å². The maximum atomic E-state index is 13.2. The number of hydrogen-bond donors (Lipinski definition) is 1. The van der Waals surface area contributed by atoms with Crippen molar-refractivity contribution in [2.24, 2.45) is 0 Å². The van der Waals surface area contributed by atoms with Crippen LogP contribution in [0.4, 0.5) is 10.1 Å². The molecule has 3 nitrogen and oxygen atoms in total. The minimum atomic E-state index is -0.360. The number of piperidine rings is 1. The Morgan fingerprint density at radius 1 is 1.47 bits per heavy atom. The maximum Gasteiger partial charge on any atom is 0.233 e. The van der Waals surface area contributed by atoms with Crippen LogP contribution in [0.3, 0.4) is 0 Å². The van der Waals surface area contributed by atoms with E-state index in [1.807, 2.05) is 4.90 Å². The third kappa shape index (κ3) is 3.86. The summed E-state index contributed by atoms with van der Waals surface area (Å²) >= 11 is 1.34. The van der Waals surface area contributed by atoms with E-state index in [0.717, 1.165) is 19.4 Å². The molecule has 1 amide bonds. The number of likely N-dealkylation sites (tertiary alicyclic amines) is 1. The fourth-order valence-corrected chi connectivity index (χ4v) is 3.24. The molecule has 0 saturated carbocycles. The van der Waals surface area contributed by atoms with Gasteiger partial charge in [0, 0.05) is 23.2 Å². The lowest BCUT2D eigenvalue weighted by molar-refractivity contribution is -0.131. The topological polar surface area (TPSA) is 46.3 Å². The van der Waals surface area contributed by atoms with Crippen LogP contribution in [0.2, 0.25) is 0 Å². The fourth-order valence-electron chi connectivity index (χ4n) is 2.36. The zero-order valence-electron chi connectivity index (χ0n) is 11.1. The summed E-state index contributed by atoms with van der Waals surface area (Å²) in [6.45, 7) is 2.92. The molecule has 1 aliphatic rings. The molecule has 19 heavy (non-hydrogen) atoms. The molecule has 0 radical (unpaired) electrons. The van der Waals surface area contributed by atoms with Crippen molar-refractivity contribution in [1.82, 2.24) is 4.90 Å². The van der Waals surface area contributed by atoms with Gasteiger partial charge in [0.15, 0.2) is 0 Å². The van der Waals surface area contributed by atoms with Crippen LogP contribution in [0.25, 0.3) is 0 Å². The zero-order valence-corrected chi connectivity index (χ0v) is 11.9. The summed E-state index contributed by atoms with van der Waals surface area (Å²) in [5.41, 5.74) is 5.97. The second-order valence-corrected chi connectivity index (χ2v) is 5.99. The van der Waals surface area contributed by atoms with Gasteiger partial charge in [-0.15, -0.1) is 11.8 Å². The summed E-state index contributed by atoms with van der Waals surface area (Å²) in [5.74, 6) is 0.106. The predicted molar refractivity (Wildman–Crippen MR) is 76.6 cm³/mol. The Bertz CT molecular complexity index is 447. The molecule has 1 aliphatic heterocycles. The first-order chi connectivity index (χ1) is 9.06. The van der Waals surface area contributed by atoms with Crippen molar-refractivity contribution in [3.05, 3.63) is 24.0 Å². The summed E-state index contributed by atoms with van der Waals surface area (Å²) in [5, 5.41) is 0. The second kappa shape index (κ2) is 6.28. The lowest BCUT2D eigenvalue weighted by Gasteiger charge is -2.33. The molecule has 1 heterocycles. The van der Waals surface area contributed by atoms with Crippen LogP contribution < -0.4 is 5.73 Å². The van der Waals surface area contributed by atoms with Crippen LogP contribution in [-0.2, 0) is 4.79 Å². The normalized spacial score (nSPS) is 19.5. The number of carbonyl (C=O) groups excluding carboxylic acids is 1. The van der Waals surface area contributed by atoms with E-state index < -0.39 is 0 Å². The minimum Gasteiger partial charge on any atom is -0.399 e. The highest BCUT2D eigenvalue weighted by molar-refractivity contribution is 8.00. The predicted octanol–water partition coefficient (Wildman–Crippen LogP) is 2.90.